The van der Waals surface area contributed by atoms with Crippen LogP contribution in [0.4, 0.5) is 0 Å². The monoisotopic (exact) mass is 371 g/mol. The highest BCUT2D eigenvalue weighted by molar-refractivity contribution is 7.91. The zero-order valence-corrected chi connectivity index (χ0v) is 15.2. The molecule has 0 saturated carbocycles. The van der Waals surface area contributed by atoms with Gasteiger partial charge in [0.25, 0.3) is 5.91 Å². The first-order valence-electron chi connectivity index (χ1n) is 7.62. The van der Waals surface area contributed by atoms with Crippen molar-refractivity contribution < 1.29 is 32.2 Å². The van der Waals surface area contributed by atoms with E-state index in [1.807, 2.05) is 0 Å². The van der Waals surface area contributed by atoms with E-state index in [-0.39, 0.29) is 30.1 Å². The predicted molar refractivity (Wildman–Crippen MR) is 89.7 cm³/mol. The largest absolute Gasteiger partial charge is 0.493 e. The maximum atomic E-state index is 12.2. The molecule has 0 aliphatic carbocycles. The van der Waals surface area contributed by atoms with Crippen LogP contribution in [0.2, 0.25) is 0 Å². The SMILES string of the molecule is COC(=O)c1ccc(OCC(=O)N(C)[C@H]2CCS(=O)(=O)C2)c(OC)c1. The second kappa shape index (κ2) is 7.73. The van der Waals surface area contributed by atoms with Crippen LogP contribution in [0, 0.1) is 0 Å². The van der Waals surface area contributed by atoms with Gasteiger partial charge in [-0.1, -0.05) is 0 Å². The van der Waals surface area contributed by atoms with Crippen molar-refractivity contribution >= 4 is 21.7 Å². The van der Waals surface area contributed by atoms with Gasteiger partial charge in [-0.25, -0.2) is 13.2 Å². The van der Waals surface area contributed by atoms with Gasteiger partial charge >= 0.3 is 5.97 Å². The summed E-state index contributed by atoms with van der Waals surface area (Å²) in [5, 5.41) is 0. The van der Waals surface area contributed by atoms with Crippen molar-refractivity contribution in [3.63, 3.8) is 0 Å². The van der Waals surface area contributed by atoms with Crippen molar-refractivity contribution in [3.8, 4) is 11.5 Å². The molecule has 1 atom stereocenters. The third-order valence-electron chi connectivity index (χ3n) is 4.09. The number of hydrogen-bond donors (Lipinski definition) is 0. The first-order valence-corrected chi connectivity index (χ1v) is 9.44. The molecule has 25 heavy (non-hydrogen) atoms. The van der Waals surface area contributed by atoms with E-state index in [0.717, 1.165) is 0 Å². The van der Waals surface area contributed by atoms with Gasteiger partial charge in [-0.2, -0.15) is 0 Å². The molecule has 0 radical (unpaired) electrons. The lowest BCUT2D eigenvalue weighted by molar-refractivity contribution is -0.133. The number of nitrogens with zero attached hydrogens (tertiary/aromatic N) is 1. The zero-order valence-electron chi connectivity index (χ0n) is 14.4. The molecule has 138 valence electrons. The molecule has 0 spiro atoms. The number of likely N-dealkylation sites (N-methyl/N-ethyl adjacent to an activating group) is 1. The van der Waals surface area contributed by atoms with Crippen LogP contribution in [0.25, 0.3) is 0 Å². The predicted octanol–water partition coefficient (Wildman–Crippen LogP) is 0.506. The first kappa shape index (κ1) is 19.0. The Morgan fingerprint density at radius 3 is 2.52 bits per heavy atom. The van der Waals surface area contributed by atoms with Gasteiger partial charge in [0.05, 0.1) is 31.3 Å². The molecule has 1 aliphatic heterocycles. The molecule has 1 aromatic carbocycles. The highest BCUT2D eigenvalue weighted by Gasteiger charge is 2.32. The van der Waals surface area contributed by atoms with Crippen molar-refractivity contribution in [1.82, 2.24) is 4.90 Å². The van der Waals surface area contributed by atoms with Gasteiger partial charge in [-0.05, 0) is 24.6 Å². The molecule has 9 heteroatoms. The third-order valence-corrected chi connectivity index (χ3v) is 5.84. The number of ether oxygens (including phenoxy) is 3. The quantitative estimate of drug-likeness (QED) is 0.672. The molecular weight excluding hydrogens is 350 g/mol. The Morgan fingerprint density at radius 1 is 1.24 bits per heavy atom. The summed E-state index contributed by atoms with van der Waals surface area (Å²) < 4.78 is 38.3. The van der Waals surface area contributed by atoms with Crippen molar-refractivity contribution in [2.75, 3.05) is 39.4 Å². The van der Waals surface area contributed by atoms with Crippen LogP contribution in [0.5, 0.6) is 11.5 Å². The van der Waals surface area contributed by atoms with E-state index >= 15 is 0 Å². The van der Waals surface area contributed by atoms with E-state index in [1.54, 1.807) is 7.05 Å². The van der Waals surface area contributed by atoms with Gasteiger partial charge in [0.15, 0.2) is 27.9 Å². The molecule has 0 aromatic heterocycles. The fourth-order valence-electron chi connectivity index (χ4n) is 2.56. The van der Waals surface area contributed by atoms with Gasteiger partial charge in [-0.3, -0.25) is 4.79 Å². The molecule has 8 nitrogen and oxygen atoms in total. The van der Waals surface area contributed by atoms with Crippen LogP contribution in [0.15, 0.2) is 18.2 Å². The van der Waals surface area contributed by atoms with Crippen molar-refractivity contribution in [1.29, 1.82) is 0 Å². The minimum Gasteiger partial charge on any atom is -0.493 e. The van der Waals surface area contributed by atoms with E-state index < -0.39 is 15.8 Å². The molecule has 0 unspecified atom stereocenters. The minimum absolute atomic E-state index is 0.0214. The second-order valence-electron chi connectivity index (χ2n) is 5.71. The number of methoxy groups -OCH3 is 2. The molecular formula is C16H21NO7S. The summed E-state index contributed by atoms with van der Waals surface area (Å²) in [5.74, 6) is -0.173. The Kier molecular flexibility index (Phi) is 5.89. The van der Waals surface area contributed by atoms with E-state index in [1.165, 1.54) is 37.3 Å². The van der Waals surface area contributed by atoms with Crippen molar-refractivity contribution in [2.45, 2.75) is 12.5 Å². The van der Waals surface area contributed by atoms with E-state index in [9.17, 15) is 18.0 Å². The number of carbonyl (C=O) groups is 2. The normalized spacial score (nSPS) is 18.4. The Bertz CT molecular complexity index is 760. The molecule has 1 aliphatic rings. The topological polar surface area (TPSA) is 99.2 Å². The fourth-order valence-corrected chi connectivity index (χ4v) is 4.33. The lowest BCUT2D eigenvalue weighted by Gasteiger charge is -2.23. The highest BCUT2D eigenvalue weighted by atomic mass is 32.2. The average Bonchev–Trinajstić information content (AvgIpc) is 2.97. The molecule has 1 amide bonds. The number of esters is 1. The number of rotatable bonds is 6. The Labute approximate surface area is 146 Å². The summed E-state index contributed by atoms with van der Waals surface area (Å²) in [5.41, 5.74) is 0.298. The van der Waals surface area contributed by atoms with Crippen molar-refractivity contribution in [2.24, 2.45) is 0 Å². The van der Waals surface area contributed by atoms with Gasteiger partial charge in [0.1, 0.15) is 0 Å². The fraction of sp³-hybridized carbons (Fsp3) is 0.500. The third kappa shape index (κ3) is 4.62. The van der Waals surface area contributed by atoms with Crippen LogP contribution in [-0.4, -0.2) is 70.6 Å². The van der Waals surface area contributed by atoms with E-state index in [2.05, 4.69) is 4.74 Å². The van der Waals surface area contributed by atoms with E-state index in [4.69, 9.17) is 9.47 Å². The maximum Gasteiger partial charge on any atom is 0.337 e. The average molecular weight is 371 g/mol. The lowest BCUT2D eigenvalue weighted by Crippen LogP contribution is -2.40. The summed E-state index contributed by atoms with van der Waals surface area (Å²) in [6, 6.07) is 4.14. The number of sulfone groups is 1. The molecule has 2 rings (SSSR count). The molecule has 1 fully saturated rings. The molecule has 1 saturated heterocycles. The van der Waals surface area contributed by atoms with E-state index in [0.29, 0.717) is 23.5 Å². The molecule has 0 bridgehead atoms. The second-order valence-corrected chi connectivity index (χ2v) is 7.94. The number of carbonyl (C=O) groups excluding carboxylic acids is 2. The van der Waals surface area contributed by atoms with Crippen LogP contribution >= 0.6 is 0 Å². The summed E-state index contributed by atoms with van der Waals surface area (Å²) in [6.45, 7) is -0.263. The van der Waals surface area contributed by atoms with Crippen LogP contribution in [0.1, 0.15) is 16.8 Å². The molecule has 1 aromatic rings. The summed E-state index contributed by atoms with van der Waals surface area (Å²) >= 11 is 0. The zero-order chi connectivity index (χ0) is 18.6. The van der Waals surface area contributed by atoms with Crippen LogP contribution in [0.3, 0.4) is 0 Å². The Hall–Kier alpha value is -2.29. The molecule has 1 heterocycles. The highest BCUT2D eigenvalue weighted by Crippen LogP contribution is 2.28. The standard InChI is InChI=1S/C16H21NO7S/c1-17(12-6-7-25(20,21)10-12)15(18)9-24-13-5-4-11(16(19)23-3)8-14(13)22-2/h4-5,8,12H,6-7,9-10H2,1-3H3/t12-/m0/s1. The van der Waals surface area contributed by atoms with Crippen molar-refractivity contribution in [3.05, 3.63) is 23.8 Å². The first-order chi connectivity index (χ1) is 11.8. The molecule has 0 N–H and O–H groups in total. The van der Waals surface area contributed by atoms with Gasteiger partial charge in [0.2, 0.25) is 0 Å². The Morgan fingerprint density at radius 2 is 1.96 bits per heavy atom. The van der Waals surface area contributed by atoms with Gasteiger partial charge < -0.3 is 19.1 Å². The summed E-state index contributed by atoms with van der Waals surface area (Å²) in [6.07, 6.45) is 0.432. The number of amides is 1. The summed E-state index contributed by atoms with van der Waals surface area (Å²) in [4.78, 5) is 25.1. The van der Waals surface area contributed by atoms with Gasteiger partial charge in [-0.15, -0.1) is 0 Å². The van der Waals surface area contributed by atoms with Crippen LogP contribution < -0.4 is 9.47 Å². The Balaban J connectivity index is 2.00. The van der Waals surface area contributed by atoms with Gasteiger partial charge in [0, 0.05) is 13.1 Å². The smallest absolute Gasteiger partial charge is 0.337 e. The minimum atomic E-state index is -3.07. The number of hydrogen-bond acceptors (Lipinski definition) is 7. The maximum absolute atomic E-state index is 12.2. The van der Waals surface area contributed by atoms with Crippen LogP contribution in [-0.2, 0) is 19.4 Å². The lowest BCUT2D eigenvalue weighted by atomic mass is 10.2. The summed E-state index contributed by atoms with van der Waals surface area (Å²) in [7, 11) is 1.19. The number of benzene rings is 1.